The van der Waals surface area contributed by atoms with Gasteiger partial charge in [0, 0.05) is 18.2 Å². The van der Waals surface area contributed by atoms with Crippen LogP contribution in [0.2, 0.25) is 0 Å². The quantitative estimate of drug-likeness (QED) is 0.694. The van der Waals surface area contributed by atoms with Gasteiger partial charge in [0.05, 0.1) is 22.8 Å². The number of sulfonamides is 1. The van der Waals surface area contributed by atoms with Crippen LogP contribution in [0.25, 0.3) is 5.69 Å². The Kier molecular flexibility index (Phi) is 5.11. The predicted octanol–water partition coefficient (Wildman–Crippen LogP) is 3.59. The van der Waals surface area contributed by atoms with E-state index < -0.39 is 10.0 Å². The van der Waals surface area contributed by atoms with Gasteiger partial charge in [-0.2, -0.15) is 5.10 Å². The van der Waals surface area contributed by atoms with Crippen molar-refractivity contribution >= 4 is 27.4 Å². The fourth-order valence-electron chi connectivity index (χ4n) is 3.76. The van der Waals surface area contributed by atoms with Gasteiger partial charge in [0.1, 0.15) is 5.82 Å². The lowest BCUT2D eigenvalue weighted by molar-refractivity contribution is 0.102. The van der Waals surface area contributed by atoms with Gasteiger partial charge < -0.3 is 5.32 Å². The zero-order valence-corrected chi connectivity index (χ0v) is 18.0. The number of amides is 1. The van der Waals surface area contributed by atoms with Gasteiger partial charge in [0.2, 0.25) is 10.0 Å². The van der Waals surface area contributed by atoms with E-state index in [1.807, 2.05) is 39.0 Å². The second-order valence-corrected chi connectivity index (χ2v) is 9.68. The molecule has 1 saturated heterocycles. The van der Waals surface area contributed by atoms with Gasteiger partial charge in [-0.05, 0) is 74.7 Å². The van der Waals surface area contributed by atoms with Gasteiger partial charge >= 0.3 is 0 Å². The van der Waals surface area contributed by atoms with E-state index in [0.717, 1.165) is 22.5 Å². The zero-order valence-electron chi connectivity index (χ0n) is 17.2. The molecule has 156 valence electrons. The Labute approximate surface area is 176 Å². The highest BCUT2D eigenvalue weighted by Gasteiger charge is 2.28. The van der Waals surface area contributed by atoms with Crippen molar-refractivity contribution in [3.05, 3.63) is 70.9 Å². The Morgan fingerprint density at radius 1 is 0.967 bits per heavy atom. The minimum Gasteiger partial charge on any atom is -0.306 e. The van der Waals surface area contributed by atoms with Crippen LogP contribution in [-0.4, -0.2) is 36.4 Å². The number of rotatable bonds is 4. The standard InChI is InChI=1S/C22H24N4O3S/c1-15-11-16(2)13-20(12-15)26-21(14-17(3)24-26)23-22(27)18-5-7-19(8-6-18)25-9-4-10-30(25,28)29/h5-8,11-14H,4,9-10H2,1-3H3,(H,23,27). The monoisotopic (exact) mass is 424 g/mol. The van der Waals surface area contributed by atoms with Crippen molar-refractivity contribution in [1.82, 2.24) is 9.78 Å². The van der Waals surface area contributed by atoms with Gasteiger partial charge in [-0.25, -0.2) is 13.1 Å². The molecule has 0 radical (unpaired) electrons. The Hall–Kier alpha value is -3.13. The minimum absolute atomic E-state index is 0.164. The summed E-state index contributed by atoms with van der Waals surface area (Å²) >= 11 is 0. The highest BCUT2D eigenvalue weighted by atomic mass is 32.2. The Morgan fingerprint density at radius 3 is 2.23 bits per heavy atom. The smallest absolute Gasteiger partial charge is 0.256 e. The van der Waals surface area contributed by atoms with Crippen molar-refractivity contribution in [3.63, 3.8) is 0 Å². The van der Waals surface area contributed by atoms with Crippen molar-refractivity contribution in [3.8, 4) is 5.69 Å². The van der Waals surface area contributed by atoms with E-state index in [9.17, 15) is 13.2 Å². The molecule has 0 unspecified atom stereocenters. The molecule has 7 nitrogen and oxygen atoms in total. The SMILES string of the molecule is Cc1cc(C)cc(-n2nc(C)cc2NC(=O)c2ccc(N3CCCS3(=O)=O)cc2)c1. The van der Waals surface area contributed by atoms with Crippen LogP contribution in [0.3, 0.4) is 0 Å². The van der Waals surface area contributed by atoms with Crippen LogP contribution in [-0.2, 0) is 10.0 Å². The molecule has 8 heteroatoms. The number of hydrogen-bond donors (Lipinski definition) is 1. The molecule has 0 bridgehead atoms. The maximum atomic E-state index is 12.8. The molecule has 1 N–H and O–H groups in total. The lowest BCUT2D eigenvalue weighted by Crippen LogP contribution is -2.25. The van der Waals surface area contributed by atoms with E-state index in [2.05, 4.69) is 16.5 Å². The van der Waals surface area contributed by atoms with Crippen LogP contribution >= 0.6 is 0 Å². The summed E-state index contributed by atoms with van der Waals surface area (Å²) in [6, 6.07) is 14.6. The van der Waals surface area contributed by atoms with Gasteiger partial charge in [-0.3, -0.25) is 9.10 Å². The van der Waals surface area contributed by atoms with Crippen LogP contribution in [0.4, 0.5) is 11.5 Å². The van der Waals surface area contributed by atoms with E-state index in [4.69, 9.17) is 0 Å². The number of nitrogens with zero attached hydrogens (tertiary/aromatic N) is 3. The maximum absolute atomic E-state index is 12.8. The Morgan fingerprint density at radius 2 is 1.63 bits per heavy atom. The summed E-state index contributed by atoms with van der Waals surface area (Å²) in [5.74, 6) is 0.460. The van der Waals surface area contributed by atoms with Crippen molar-refractivity contribution in [2.24, 2.45) is 0 Å². The molecular weight excluding hydrogens is 400 g/mol. The fraction of sp³-hybridized carbons (Fsp3) is 0.273. The van der Waals surface area contributed by atoms with Gasteiger partial charge in [0.15, 0.2) is 0 Å². The second-order valence-electron chi connectivity index (χ2n) is 7.67. The molecule has 1 aliphatic heterocycles. The number of benzene rings is 2. The molecule has 1 aromatic heterocycles. The summed E-state index contributed by atoms with van der Waals surface area (Å²) in [6.07, 6.45) is 0.617. The number of aryl methyl sites for hydroxylation is 3. The van der Waals surface area contributed by atoms with Gasteiger partial charge in [0.25, 0.3) is 5.91 Å². The molecule has 0 atom stereocenters. The van der Waals surface area contributed by atoms with Crippen LogP contribution in [0.1, 0.15) is 33.6 Å². The summed E-state index contributed by atoms with van der Waals surface area (Å²) in [5.41, 5.74) is 4.93. The predicted molar refractivity (Wildman–Crippen MR) is 118 cm³/mol. The number of aromatic nitrogens is 2. The molecular formula is C22H24N4O3S. The minimum atomic E-state index is -3.24. The third-order valence-electron chi connectivity index (χ3n) is 5.04. The highest BCUT2D eigenvalue weighted by Crippen LogP contribution is 2.25. The molecule has 30 heavy (non-hydrogen) atoms. The zero-order chi connectivity index (χ0) is 21.5. The summed E-state index contributed by atoms with van der Waals surface area (Å²) in [7, 11) is -3.24. The van der Waals surface area contributed by atoms with Crippen LogP contribution in [0.15, 0.2) is 48.5 Å². The molecule has 1 aliphatic rings. The van der Waals surface area contributed by atoms with Crippen molar-refractivity contribution in [2.45, 2.75) is 27.2 Å². The third-order valence-corrected chi connectivity index (χ3v) is 6.91. The van der Waals surface area contributed by atoms with Crippen molar-refractivity contribution < 1.29 is 13.2 Å². The first-order valence-electron chi connectivity index (χ1n) is 9.80. The molecule has 0 saturated carbocycles. The fourth-order valence-corrected chi connectivity index (χ4v) is 5.32. The topological polar surface area (TPSA) is 84.3 Å². The summed E-state index contributed by atoms with van der Waals surface area (Å²) < 4.78 is 27.3. The average Bonchev–Trinajstić information content (AvgIpc) is 3.22. The normalized spacial score (nSPS) is 15.4. The highest BCUT2D eigenvalue weighted by molar-refractivity contribution is 7.93. The lowest BCUT2D eigenvalue weighted by atomic mass is 10.1. The van der Waals surface area contributed by atoms with Crippen LogP contribution in [0, 0.1) is 20.8 Å². The van der Waals surface area contributed by atoms with Crippen molar-refractivity contribution in [1.29, 1.82) is 0 Å². The first kappa shape index (κ1) is 20.2. The number of carbonyl (C=O) groups excluding carboxylic acids is 1. The molecule has 1 fully saturated rings. The first-order valence-corrected chi connectivity index (χ1v) is 11.4. The lowest BCUT2D eigenvalue weighted by Gasteiger charge is -2.17. The van der Waals surface area contributed by atoms with Gasteiger partial charge in [-0.1, -0.05) is 6.07 Å². The summed E-state index contributed by atoms with van der Waals surface area (Å²) in [4.78, 5) is 12.8. The van der Waals surface area contributed by atoms with E-state index in [0.29, 0.717) is 30.0 Å². The molecule has 1 amide bonds. The summed E-state index contributed by atoms with van der Waals surface area (Å²) in [6.45, 7) is 6.39. The largest absolute Gasteiger partial charge is 0.306 e. The van der Waals surface area contributed by atoms with E-state index in [1.165, 1.54) is 4.31 Å². The molecule has 0 spiro atoms. The molecule has 4 rings (SSSR count). The van der Waals surface area contributed by atoms with Crippen molar-refractivity contribution in [2.75, 3.05) is 21.9 Å². The second kappa shape index (κ2) is 7.60. The average molecular weight is 425 g/mol. The maximum Gasteiger partial charge on any atom is 0.256 e. The Bertz CT molecular complexity index is 1190. The molecule has 0 aliphatic carbocycles. The number of nitrogens with one attached hydrogen (secondary N) is 1. The third kappa shape index (κ3) is 3.95. The van der Waals surface area contributed by atoms with Crippen LogP contribution in [0.5, 0.6) is 0 Å². The van der Waals surface area contributed by atoms with E-state index in [1.54, 1.807) is 28.9 Å². The molecule has 2 heterocycles. The molecule has 2 aromatic carbocycles. The Balaban J connectivity index is 1.58. The van der Waals surface area contributed by atoms with E-state index in [-0.39, 0.29) is 11.7 Å². The first-order chi connectivity index (χ1) is 14.2. The van der Waals surface area contributed by atoms with Gasteiger partial charge in [-0.15, -0.1) is 0 Å². The van der Waals surface area contributed by atoms with Crippen LogP contribution < -0.4 is 9.62 Å². The van der Waals surface area contributed by atoms with E-state index >= 15 is 0 Å². The number of hydrogen-bond acceptors (Lipinski definition) is 4. The molecule has 3 aromatic rings. The number of carbonyl (C=O) groups is 1. The number of anilines is 2. The summed E-state index contributed by atoms with van der Waals surface area (Å²) in [5, 5.41) is 7.44.